The molecule has 1 atom stereocenters. The molecule has 0 saturated carbocycles. The van der Waals surface area contributed by atoms with Crippen LogP contribution in [0.15, 0.2) is 30.7 Å². The summed E-state index contributed by atoms with van der Waals surface area (Å²) in [6.45, 7) is 3.99. The van der Waals surface area contributed by atoms with Crippen LogP contribution in [0.25, 0.3) is 5.78 Å². The molecule has 130 valence electrons. The molecule has 0 unspecified atom stereocenters. The van der Waals surface area contributed by atoms with E-state index in [-0.39, 0.29) is 0 Å². The van der Waals surface area contributed by atoms with Gasteiger partial charge in [0.05, 0.1) is 0 Å². The zero-order valence-electron chi connectivity index (χ0n) is 14.3. The van der Waals surface area contributed by atoms with Gasteiger partial charge in [-0.15, -0.1) is 5.10 Å². The van der Waals surface area contributed by atoms with E-state index >= 15 is 0 Å². The molecular weight excluding hydrogens is 316 g/mol. The molecule has 0 aromatic carbocycles. The molecule has 0 bridgehead atoms. The standard InChI is InChI=1S/C17H22N8/c1-2-5-13-10-16(25-17(22-13)19-12-21-25)18-11-14-6-4-9-24(14)15-7-3-8-20-23-15/h3,7-8,10,12,14,18H,2,4-6,9,11H2,1H3/t14-/m1/s1. The molecule has 1 saturated heterocycles. The van der Waals surface area contributed by atoms with Gasteiger partial charge in [-0.05, 0) is 31.4 Å². The molecule has 1 aliphatic rings. The predicted molar refractivity (Wildman–Crippen MR) is 95.7 cm³/mol. The Hall–Kier alpha value is -2.77. The first-order chi connectivity index (χ1) is 12.3. The van der Waals surface area contributed by atoms with Crippen molar-refractivity contribution in [1.29, 1.82) is 0 Å². The van der Waals surface area contributed by atoms with Crippen molar-refractivity contribution in [2.75, 3.05) is 23.3 Å². The van der Waals surface area contributed by atoms with E-state index in [1.807, 2.05) is 12.1 Å². The van der Waals surface area contributed by atoms with Crippen LogP contribution >= 0.6 is 0 Å². The average molecular weight is 338 g/mol. The molecular formula is C17H22N8. The Kier molecular flexibility index (Phi) is 4.41. The highest BCUT2D eigenvalue weighted by atomic mass is 15.4. The molecule has 1 aliphatic heterocycles. The van der Waals surface area contributed by atoms with E-state index in [2.05, 4.69) is 48.5 Å². The SMILES string of the molecule is CCCc1cc(NC[C@H]2CCCN2c2cccnn2)n2ncnc2n1. The van der Waals surface area contributed by atoms with Gasteiger partial charge in [0.25, 0.3) is 5.78 Å². The zero-order chi connectivity index (χ0) is 17.1. The minimum Gasteiger partial charge on any atom is -0.368 e. The van der Waals surface area contributed by atoms with Crippen LogP contribution in [-0.4, -0.2) is 48.9 Å². The van der Waals surface area contributed by atoms with Crippen LogP contribution < -0.4 is 10.2 Å². The van der Waals surface area contributed by atoms with Gasteiger partial charge in [0.1, 0.15) is 12.1 Å². The molecule has 0 aliphatic carbocycles. The first kappa shape index (κ1) is 15.7. The quantitative estimate of drug-likeness (QED) is 0.735. The van der Waals surface area contributed by atoms with Gasteiger partial charge in [-0.25, -0.2) is 4.98 Å². The fourth-order valence-electron chi connectivity index (χ4n) is 3.39. The molecule has 0 radical (unpaired) electrons. The van der Waals surface area contributed by atoms with Crippen molar-refractivity contribution in [3.8, 4) is 0 Å². The van der Waals surface area contributed by atoms with Crippen molar-refractivity contribution >= 4 is 17.4 Å². The molecule has 4 rings (SSSR count). The fourth-order valence-corrected chi connectivity index (χ4v) is 3.39. The van der Waals surface area contributed by atoms with Gasteiger partial charge >= 0.3 is 0 Å². The summed E-state index contributed by atoms with van der Waals surface area (Å²) in [6, 6.07) is 6.42. The van der Waals surface area contributed by atoms with E-state index in [0.717, 1.165) is 49.7 Å². The van der Waals surface area contributed by atoms with E-state index < -0.39 is 0 Å². The van der Waals surface area contributed by atoms with E-state index in [0.29, 0.717) is 11.8 Å². The summed E-state index contributed by atoms with van der Waals surface area (Å²) in [7, 11) is 0. The maximum atomic E-state index is 4.55. The second-order valence-electron chi connectivity index (χ2n) is 6.31. The maximum absolute atomic E-state index is 4.55. The lowest BCUT2D eigenvalue weighted by Gasteiger charge is -2.25. The summed E-state index contributed by atoms with van der Waals surface area (Å²) in [5, 5.41) is 16.1. The van der Waals surface area contributed by atoms with Crippen molar-refractivity contribution in [3.63, 3.8) is 0 Å². The van der Waals surface area contributed by atoms with Gasteiger partial charge in [-0.3, -0.25) is 0 Å². The number of hydrogen-bond acceptors (Lipinski definition) is 7. The lowest BCUT2D eigenvalue weighted by atomic mass is 10.2. The Labute approximate surface area is 146 Å². The van der Waals surface area contributed by atoms with E-state index in [9.17, 15) is 0 Å². The second kappa shape index (κ2) is 7.00. The van der Waals surface area contributed by atoms with Crippen LogP contribution in [0.1, 0.15) is 31.9 Å². The third-order valence-electron chi connectivity index (χ3n) is 4.56. The van der Waals surface area contributed by atoms with Crippen LogP contribution in [0.3, 0.4) is 0 Å². The summed E-state index contributed by atoms with van der Waals surface area (Å²) in [5.74, 6) is 2.53. The van der Waals surface area contributed by atoms with Gasteiger partial charge in [0.15, 0.2) is 5.82 Å². The Bertz CT molecular complexity index is 831. The predicted octanol–water partition coefficient (Wildman–Crippen LogP) is 1.95. The van der Waals surface area contributed by atoms with Crippen LogP contribution in [0, 0.1) is 0 Å². The zero-order valence-corrected chi connectivity index (χ0v) is 14.3. The van der Waals surface area contributed by atoms with Gasteiger partial charge in [-0.1, -0.05) is 13.3 Å². The Balaban J connectivity index is 1.52. The number of rotatable bonds is 6. The van der Waals surface area contributed by atoms with E-state index in [4.69, 9.17) is 0 Å². The highest BCUT2D eigenvalue weighted by Crippen LogP contribution is 2.23. The number of fused-ring (bicyclic) bond motifs is 1. The maximum Gasteiger partial charge on any atom is 0.254 e. The lowest BCUT2D eigenvalue weighted by Crippen LogP contribution is -2.35. The minimum atomic E-state index is 0.387. The fraction of sp³-hybridized carbons (Fsp3) is 0.471. The molecule has 8 nitrogen and oxygen atoms in total. The Morgan fingerprint density at radius 3 is 3.16 bits per heavy atom. The van der Waals surface area contributed by atoms with Crippen LogP contribution in [0.5, 0.6) is 0 Å². The molecule has 0 amide bonds. The third kappa shape index (κ3) is 3.24. The summed E-state index contributed by atoms with van der Waals surface area (Å²) < 4.78 is 1.76. The highest BCUT2D eigenvalue weighted by molar-refractivity contribution is 5.46. The smallest absolute Gasteiger partial charge is 0.254 e. The van der Waals surface area contributed by atoms with Gasteiger partial charge in [0, 0.05) is 37.1 Å². The monoisotopic (exact) mass is 338 g/mol. The van der Waals surface area contributed by atoms with Crippen molar-refractivity contribution in [3.05, 3.63) is 36.4 Å². The minimum absolute atomic E-state index is 0.387. The van der Waals surface area contributed by atoms with Crippen LogP contribution in [-0.2, 0) is 6.42 Å². The third-order valence-corrected chi connectivity index (χ3v) is 4.56. The lowest BCUT2D eigenvalue weighted by molar-refractivity contribution is 0.682. The number of aryl methyl sites for hydroxylation is 1. The summed E-state index contributed by atoms with van der Waals surface area (Å²) >= 11 is 0. The molecule has 25 heavy (non-hydrogen) atoms. The van der Waals surface area contributed by atoms with Gasteiger partial charge in [0.2, 0.25) is 0 Å². The first-order valence-electron chi connectivity index (χ1n) is 8.83. The average Bonchev–Trinajstić information content (AvgIpc) is 3.30. The Morgan fingerprint density at radius 1 is 1.36 bits per heavy atom. The van der Waals surface area contributed by atoms with Crippen molar-refractivity contribution < 1.29 is 0 Å². The number of aromatic nitrogens is 6. The van der Waals surface area contributed by atoms with Crippen molar-refractivity contribution in [1.82, 2.24) is 29.8 Å². The molecule has 3 aromatic heterocycles. The van der Waals surface area contributed by atoms with Crippen molar-refractivity contribution in [2.24, 2.45) is 0 Å². The van der Waals surface area contributed by atoms with Crippen LogP contribution in [0.4, 0.5) is 11.6 Å². The van der Waals surface area contributed by atoms with Crippen LogP contribution in [0.2, 0.25) is 0 Å². The van der Waals surface area contributed by atoms with Gasteiger partial charge in [-0.2, -0.15) is 19.7 Å². The first-order valence-corrected chi connectivity index (χ1v) is 8.83. The normalized spacial score (nSPS) is 17.3. The molecule has 1 fully saturated rings. The van der Waals surface area contributed by atoms with E-state index in [1.54, 1.807) is 17.0 Å². The molecule has 4 heterocycles. The summed E-state index contributed by atoms with van der Waals surface area (Å²) in [5.41, 5.74) is 1.04. The molecule has 0 spiro atoms. The number of hydrogen-bond donors (Lipinski definition) is 1. The summed E-state index contributed by atoms with van der Waals surface area (Å²) in [6.07, 6.45) is 7.55. The highest BCUT2D eigenvalue weighted by Gasteiger charge is 2.25. The number of nitrogens with zero attached hydrogens (tertiary/aromatic N) is 7. The number of nitrogens with one attached hydrogen (secondary N) is 1. The van der Waals surface area contributed by atoms with Crippen molar-refractivity contribution in [2.45, 2.75) is 38.6 Å². The summed E-state index contributed by atoms with van der Waals surface area (Å²) in [4.78, 5) is 11.1. The second-order valence-corrected chi connectivity index (χ2v) is 6.31. The molecule has 8 heteroatoms. The topological polar surface area (TPSA) is 84.1 Å². The van der Waals surface area contributed by atoms with Gasteiger partial charge < -0.3 is 10.2 Å². The van der Waals surface area contributed by atoms with E-state index in [1.165, 1.54) is 6.42 Å². The molecule has 3 aromatic rings. The Morgan fingerprint density at radius 2 is 2.32 bits per heavy atom. The molecule has 1 N–H and O–H groups in total. The number of anilines is 2. The largest absolute Gasteiger partial charge is 0.368 e.